The smallest absolute Gasteiger partial charge is 0.226 e. The Morgan fingerprint density at radius 3 is 2.55 bits per heavy atom. The molecule has 0 bridgehead atoms. The van der Waals surface area contributed by atoms with Gasteiger partial charge < -0.3 is 10.2 Å². The molecule has 0 aromatic heterocycles. The lowest BCUT2D eigenvalue weighted by atomic mass is 9.84. The summed E-state index contributed by atoms with van der Waals surface area (Å²) >= 11 is 0. The van der Waals surface area contributed by atoms with Gasteiger partial charge in [-0.2, -0.15) is 0 Å². The maximum atomic E-state index is 12.9. The van der Waals surface area contributed by atoms with Crippen LogP contribution in [0.5, 0.6) is 0 Å². The molecule has 1 aromatic rings. The van der Waals surface area contributed by atoms with Crippen molar-refractivity contribution in [2.45, 2.75) is 26.2 Å². The second kappa shape index (κ2) is 6.84. The molecule has 1 heterocycles. The van der Waals surface area contributed by atoms with E-state index in [9.17, 15) is 9.18 Å². The molecule has 1 aromatic carbocycles. The number of nitrogens with zero attached hydrogens (tertiary/aromatic N) is 1. The number of piperidine rings is 1. The van der Waals surface area contributed by atoms with Crippen LogP contribution in [0.15, 0.2) is 24.3 Å². The summed E-state index contributed by atoms with van der Waals surface area (Å²) in [4.78, 5) is 13.9. The first-order valence-electron chi connectivity index (χ1n) is 7.30. The van der Waals surface area contributed by atoms with Gasteiger partial charge in [0.1, 0.15) is 5.82 Å². The van der Waals surface area contributed by atoms with Gasteiger partial charge in [0.25, 0.3) is 0 Å². The molecule has 0 saturated carbocycles. The molecule has 1 unspecified atom stereocenters. The van der Waals surface area contributed by atoms with Crippen LogP contribution in [0.3, 0.4) is 0 Å². The van der Waals surface area contributed by atoms with Gasteiger partial charge in [0.15, 0.2) is 0 Å². The fraction of sp³-hybridized carbons (Fsp3) is 0.562. The SMILES string of the molecule is CC(CC(=O)N(C)c1ccc(F)cc1)C1CCNCC1. The van der Waals surface area contributed by atoms with E-state index >= 15 is 0 Å². The first kappa shape index (κ1) is 15.0. The standard InChI is InChI=1S/C16H23FN2O/c1-12(13-7-9-18-10-8-13)11-16(20)19(2)15-5-3-14(17)4-6-15/h3-6,12-13,18H,7-11H2,1-2H3. The Kier molecular flexibility index (Phi) is 5.12. The molecule has 1 aliphatic rings. The van der Waals surface area contributed by atoms with Crippen molar-refractivity contribution < 1.29 is 9.18 Å². The monoisotopic (exact) mass is 278 g/mol. The van der Waals surface area contributed by atoms with Crippen molar-refractivity contribution in [1.29, 1.82) is 0 Å². The molecule has 1 aliphatic heterocycles. The summed E-state index contributed by atoms with van der Waals surface area (Å²) in [6, 6.07) is 6.05. The number of hydrogen-bond donors (Lipinski definition) is 1. The van der Waals surface area contributed by atoms with Crippen LogP contribution >= 0.6 is 0 Å². The predicted molar refractivity (Wildman–Crippen MR) is 79.2 cm³/mol. The van der Waals surface area contributed by atoms with E-state index in [0.29, 0.717) is 18.3 Å². The molecule has 1 atom stereocenters. The minimum atomic E-state index is -0.280. The predicted octanol–water partition coefficient (Wildman–Crippen LogP) is 2.81. The number of carbonyl (C=O) groups is 1. The minimum absolute atomic E-state index is 0.0997. The van der Waals surface area contributed by atoms with Crippen LogP contribution in [0.2, 0.25) is 0 Å². The lowest BCUT2D eigenvalue weighted by Crippen LogP contribution is -2.34. The number of rotatable bonds is 4. The molecule has 4 heteroatoms. The van der Waals surface area contributed by atoms with Crippen LogP contribution in [0.25, 0.3) is 0 Å². The Morgan fingerprint density at radius 1 is 1.35 bits per heavy atom. The second-order valence-electron chi connectivity index (χ2n) is 5.70. The highest BCUT2D eigenvalue weighted by Crippen LogP contribution is 2.25. The van der Waals surface area contributed by atoms with Gasteiger partial charge in [0.05, 0.1) is 0 Å². The van der Waals surface area contributed by atoms with E-state index in [2.05, 4.69) is 12.2 Å². The highest BCUT2D eigenvalue weighted by molar-refractivity contribution is 5.92. The topological polar surface area (TPSA) is 32.3 Å². The average Bonchev–Trinajstić information content (AvgIpc) is 2.48. The van der Waals surface area contributed by atoms with E-state index in [4.69, 9.17) is 0 Å². The average molecular weight is 278 g/mol. The Bertz CT molecular complexity index is 440. The van der Waals surface area contributed by atoms with Gasteiger partial charge in [-0.1, -0.05) is 6.92 Å². The zero-order valence-electron chi connectivity index (χ0n) is 12.2. The quantitative estimate of drug-likeness (QED) is 0.918. The highest BCUT2D eigenvalue weighted by Gasteiger charge is 2.23. The van der Waals surface area contributed by atoms with Gasteiger partial charge in [-0.25, -0.2) is 4.39 Å². The fourth-order valence-corrected chi connectivity index (χ4v) is 2.80. The third-order valence-electron chi connectivity index (χ3n) is 4.27. The number of benzene rings is 1. The van der Waals surface area contributed by atoms with Crippen molar-refractivity contribution in [2.75, 3.05) is 25.0 Å². The van der Waals surface area contributed by atoms with E-state index in [1.54, 1.807) is 24.1 Å². The van der Waals surface area contributed by atoms with Crippen molar-refractivity contribution in [3.05, 3.63) is 30.1 Å². The van der Waals surface area contributed by atoms with Crippen LogP contribution in [0.4, 0.5) is 10.1 Å². The van der Waals surface area contributed by atoms with Crippen LogP contribution in [0.1, 0.15) is 26.2 Å². The molecule has 1 saturated heterocycles. The number of anilines is 1. The summed E-state index contributed by atoms with van der Waals surface area (Å²) < 4.78 is 12.9. The first-order valence-corrected chi connectivity index (χ1v) is 7.30. The van der Waals surface area contributed by atoms with E-state index < -0.39 is 0 Å². The Balaban J connectivity index is 1.91. The first-order chi connectivity index (χ1) is 9.58. The third-order valence-corrected chi connectivity index (χ3v) is 4.27. The zero-order chi connectivity index (χ0) is 14.5. The number of halogens is 1. The van der Waals surface area contributed by atoms with Crippen molar-refractivity contribution in [2.24, 2.45) is 11.8 Å². The van der Waals surface area contributed by atoms with Crippen LogP contribution in [-0.2, 0) is 4.79 Å². The van der Waals surface area contributed by atoms with Gasteiger partial charge in [-0.05, 0) is 62.0 Å². The van der Waals surface area contributed by atoms with Crippen molar-refractivity contribution in [3.63, 3.8) is 0 Å². The summed E-state index contributed by atoms with van der Waals surface area (Å²) in [7, 11) is 1.75. The fourth-order valence-electron chi connectivity index (χ4n) is 2.80. The maximum Gasteiger partial charge on any atom is 0.226 e. The number of carbonyl (C=O) groups excluding carboxylic acids is 1. The normalized spacial score (nSPS) is 17.8. The number of hydrogen-bond acceptors (Lipinski definition) is 2. The van der Waals surface area contributed by atoms with Gasteiger partial charge in [0, 0.05) is 19.2 Å². The van der Waals surface area contributed by atoms with E-state index in [1.165, 1.54) is 12.1 Å². The summed E-state index contributed by atoms with van der Waals surface area (Å²) in [6.07, 6.45) is 2.85. The maximum absolute atomic E-state index is 12.9. The molecule has 1 fully saturated rings. The van der Waals surface area contributed by atoms with E-state index in [0.717, 1.165) is 31.6 Å². The summed E-state index contributed by atoms with van der Waals surface area (Å²) in [5, 5.41) is 3.35. The largest absolute Gasteiger partial charge is 0.317 e. The Labute approximate surface area is 120 Å². The number of nitrogens with one attached hydrogen (secondary N) is 1. The Hall–Kier alpha value is -1.42. The van der Waals surface area contributed by atoms with Gasteiger partial charge >= 0.3 is 0 Å². The van der Waals surface area contributed by atoms with Crippen LogP contribution in [0, 0.1) is 17.7 Å². The van der Waals surface area contributed by atoms with Crippen molar-refractivity contribution in [1.82, 2.24) is 5.32 Å². The highest BCUT2D eigenvalue weighted by atomic mass is 19.1. The summed E-state index contributed by atoms with van der Waals surface area (Å²) in [6.45, 7) is 4.26. The number of amides is 1. The van der Waals surface area contributed by atoms with Gasteiger partial charge in [0.2, 0.25) is 5.91 Å². The van der Waals surface area contributed by atoms with Crippen molar-refractivity contribution >= 4 is 11.6 Å². The van der Waals surface area contributed by atoms with Crippen LogP contribution in [-0.4, -0.2) is 26.0 Å². The van der Waals surface area contributed by atoms with Crippen LogP contribution < -0.4 is 10.2 Å². The zero-order valence-corrected chi connectivity index (χ0v) is 12.2. The second-order valence-corrected chi connectivity index (χ2v) is 5.70. The van der Waals surface area contributed by atoms with Gasteiger partial charge in [-0.3, -0.25) is 4.79 Å². The summed E-state index contributed by atoms with van der Waals surface area (Å²) in [5.74, 6) is 0.842. The van der Waals surface area contributed by atoms with Crippen molar-refractivity contribution in [3.8, 4) is 0 Å². The Morgan fingerprint density at radius 2 is 1.95 bits per heavy atom. The molecular weight excluding hydrogens is 255 g/mol. The molecule has 0 aliphatic carbocycles. The van der Waals surface area contributed by atoms with Gasteiger partial charge in [-0.15, -0.1) is 0 Å². The molecule has 110 valence electrons. The molecule has 1 N–H and O–H groups in total. The molecule has 0 radical (unpaired) electrons. The molecule has 3 nitrogen and oxygen atoms in total. The molecular formula is C16H23FN2O. The lowest BCUT2D eigenvalue weighted by molar-refractivity contribution is -0.119. The lowest BCUT2D eigenvalue weighted by Gasteiger charge is -2.29. The molecule has 0 spiro atoms. The minimum Gasteiger partial charge on any atom is -0.317 e. The molecule has 2 rings (SSSR count). The summed E-state index contributed by atoms with van der Waals surface area (Å²) in [5.41, 5.74) is 0.744. The van der Waals surface area contributed by atoms with E-state index in [1.807, 2.05) is 0 Å². The van der Waals surface area contributed by atoms with E-state index in [-0.39, 0.29) is 11.7 Å². The third kappa shape index (κ3) is 3.79. The molecule has 1 amide bonds. The molecule has 20 heavy (non-hydrogen) atoms.